The van der Waals surface area contributed by atoms with Gasteiger partial charge in [0, 0.05) is 0 Å². The summed E-state index contributed by atoms with van der Waals surface area (Å²) in [7, 11) is 0. The molecule has 0 bridgehead atoms. The standard InChI is InChI=1S/C12H15F4N/c1-8-6-9(4-2-3-5-17)7-10(11(8)13)12(14,15)16/h6-7H,2-5,17H2,1H3. The van der Waals surface area contributed by atoms with Gasteiger partial charge in [-0.3, -0.25) is 0 Å². The van der Waals surface area contributed by atoms with Crippen molar-refractivity contribution in [1.29, 1.82) is 0 Å². The molecule has 0 aliphatic rings. The van der Waals surface area contributed by atoms with Gasteiger partial charge in [0.15, 0.2) is 0 Å². The largest absolute Gasteiger partial charge is 0.419 e. The topological polar surface area (TPSA) is 26.0 Å². The third-order valence-electron chi connectivity index (χ3n) is 2.54. The Bertz CT molecular complexity index is 385. The maximum atomic E-state index is 13.3. The van der Waals surface area contributed by atoms with E-state index in [1.54, 1.807) is 0 Å². The minimum Gasteiger partial charge on any atom is -0.330 e. The van der Waals surface area contributed by atoms with Gasteiger partial charge in [-0.15, -0.1) is 0 Å². The van der Waals surface area contributed by atoms with E-state index >= 15 is 0 Å². The first-order valence-corrected chi connectivity index (χ1v) is 5.42. The van der Waals surface area contributed by atoms with E-state index in [1.165, 1.54) is 13.0 Å². The Kier molecular flexibility index (Phi) is 4.51. The van der Waals surface area contributed by atoms with E-state index in [0.717, 1.165) is 12.5 Å². The summed E-state index contributed by atoms with van der Waals surface area (Å²) in [6.45, 7) is 1.85. The molecule has 0 aliphatic heterocycles. The summed E-state index contributed by atoms with van der Waals surface area (Å²) >= 11 is 0. The maximum Gasteiger partial charge on any atom is 0.419 e. The molecule has 0 atom stereocenters. The van der Waals surface area contributed by atoms with E-state index in [4.69, 9.17) is 5.73 Å². The smallest absolute Gasteiger partial charge is 0.330 e. The Labute approximate surface area is 97.6 Å². The minimum absolute atomic E-state index is 0.0302. The molecule has 1 nitrogen and oxygen atoms in total. The summed E-state index contributed by atoms with van der Waals surface area (Å²) < 4.78 is 50.9. The van der Waals surface area contributed by atoms with E-state index in [0.29, 0.717) is 24.9 Å². The van der Waals surface area contributed by atoms with Gasteiger partial charge in [-0.1, -0.05) is 6.07 Å². The molecule has 96 valence electrons. The van der Waals surface area contributed by atoms with Gasteiger partial charge in [0.2, 0.25) is 0 Å². The molecule has 0 unspecified atom stereocenters. The van der Waals surface area contributed by atoms with Crippen LogP contribution in [-0.2, 0) is 12.6 Å². The average Bonchev–Trinajstić information content (AvgIpc) is 2.21. The van der Waals surface area contributed by atoms with Crippen molar-refractivity contribution >= 4 is 0 Å². The molecule has 2 N–H and O–H groups in total. The van der Waals surface area contributed by atoms with Crippen molar-refractivity contribution in [1.82, 2.24) is 0 Å². The zero-order valence-corrected chi connectivity index (χ0v) is 9.57. The van der Waals surface area contributed by atoms with Gasteiger partial charge < -0.3 is 5.73 Å². The van der Waals surface area contributed by atoms with Crippen LogP contribution in [0.5, 0.6) is 0 Å². The Morgan fingerprint density at radius 2 is 1.82 bits per heavy atom. The molecule has 1 rings (SSSR count). The van der Waals surface area contributed by atoms with Gasteiger partial charge in [-0.25, -0.2) is 4.39 Å². The zero-order chi connectivity index (χ0) is 13.1. The third-order valence-corrected chi connectivity index (χ3v) is 2.54. The molecule has 0 fully saturated rings. The van der Waals surface area contributed by atoms with E-state index in [9.17, 15) is 17.6 Å². The number of alkyl halides is 3. The first kappa shape index (κ1) is 14.0. The molecule has 17 heavy (non-hydrogen) atoms. The van der Waals surface area contributed by atoms with Crippen LogP contribution < -0.4 is 5.73 Å². The first-order valence-electron chi connectivity index (χ1n) is 5.42. The normalized spacial score (nSPS) is 11.9. The minimum atomic E-state index is -4.64. The van der Waals surface area contributed by atoms with E-state index in [2.05, 4.69) is 0 Å². The van der Waals surface area contributed by atoms with Crippen LogP contribution >= 0.6 is 0 Å². The molecule has 0 saturated carbocycles. The Morgan fingerprint density at radius 1 is 1.18 bits per heavy atom. The Hall–Kier alpha value is -1.10. The number of hydrogen-bond donors (Lipinski definition) is 1. The van der Waals surface area contributed by atoms with Gasteiger partial charge in [-0.2, -0.15) is 13.2 Å². The molecule has 0 heterocycles. The summed E-state index contributed by atoms with van der Waals surface area (Å²) in [4.78, 5) is 0. The number of aryl methyl sites for hydroxylation is 2. The number of halogens is 4. The van der Waals surface area contributed by atoms with Crippen molar-refractivity contribution in [3.05, 3.63) is 34.6 Å². The maximum absolute atomic E-state index is 13.3. The number of benzene rings is 1. The number of nitrogens with two attached hydrogens (primary N) is 1. The summed E-state index contributed by atoms with van der Waals surface area (Å²) in [5.74, 6) is -1.18. The molecule has 0 amide bonds. The summed E-state index contributed by atoms with van der Waals surface area (Å²) in [6.07, 6.45) is -2.70. The van der Waals surface area contributed by atoms with Gasteiger partial charge in [0.25, 0.3) is 0 Å². The Morgan fingerprint density at radius 3 is 2.35 bits per heavy atom. The van der Waals surface area contributed by atoms with Crippen molar-refractivity contribution < 1.29 is 17.6 Å². The average molecular weight is 249 g/mol. The molecule has 0 spiro atoms. The van der Waals surface area contributed by atoms with Crippen LogP contribution in [0.25, 0.3) is 0 Å². The fourth-order valence-corrected chi connectivity index (χ4v) is 1.67. The number of unbranched alkanes of at least 4 members (excludes halogenated alkanes) is 1. The van der Waals surface area contributed by atoms with Crippen LogP contribution in [0.4, 0.5) is 17.6 Å². The second-order valence-electron chi connectivity index (χ2n) is 4.02. The van der Waals surface area contributed by atoms with Crippen LogP contribution in [0.2, 0.25) is 0 Å². The quantitative estimate of drug-likeness (QED) is 0.642. The second-order valence-corrected chi connectivity index (χ2v) is 4.02. The highest BCUT2D eigenvalue weighted by Crippen LogP contribution is 2.33. The predicted molar refractivity (Wildman–Crippen MR) is 58.1 cm³/mol. The second kappa shape index (κ2) is 5.49. The van der Waals surface area contributed by atoms with Crippen LogP contribution in [0.15, 0.2) is 12.1 Å². The summed E-state index contributed by atoms with van der Waals surface area (Å²) in [5, 5.41) is 0. The SMILES string of the molecule is Cc1cc(CCCCN)cc(C(F)(F)F)c1F. The van der Waals surface area contributed by atoms with Crippen LogP contribution in [-0.4, -0.2) is 6.54 Å². The number of hydrogen-bond acceptors (Lipinski definition) is 1. The molecule has 5 heteroatoms. The molecule has 0 aliphatic carbocycles. The molecule has 0 aromatic heterocycles. The fraction of sp³-hybridized carbons (Fsp3) is 0.500. The molecule has 1 aromatic carbocycles. The van der Waals surface area contributed by atoms with Gasteiger partial charge in [0.1, 0.15) is 5.82 Å². The number of rotatable bonds is 4. The van der Waals surface area contributed by atoms with Crippen molar-refractivity contribution in [2.24, 2.45) is 5.73 Å². The van der Waals surface area contributed by atoms with Crippen LogP contribution in [0.1, 0.15) is 29.5 Å². The van der Waals surface area contributed by atoms with Crippen molar-refractivity contribution in [3.8, 4) is 0 Å². The highest BCUT2D eigenvalue weighted by Gasteiger charge is 2.34. The summed E-state index contributed by atoms with van der Waals surface area (Å²) in [5.41, 5.74) is 4.66. The van der Waals surface area contributed by atoms with Crippen molar-refractivity contribution in [3.63, 3.8) is 0 Å². The highest BCUT2D eigenvalue weighted by atomic mass is 19.4. The predicted octanol–water partition coefficient (Wildman–Crippen LogP) is 3.43. The summed E-state index contributed by atoms with van der Waals surface area (Å²) in [6, 6.07) is 2.35. The van der Waals surface area contributed by atoms with Crippen molar-refractivity contribution in [2.45, 2.75) is 32.4 Å². The first-order chi connectivity index (χ1) is 7.86. The fourth-order valence-electron chi connectivity index (χ4n) is 1.67. The molecule has 1 aromatic rings. The van der Waals surface area contributed by atoms with Gasteiger partial charge in [0.05, 0.1) is 5.56 Å². The lowest BCUT2D eigenvalue weighted by Gasteiger charge is -2.12. The molecular formula is C12H15F4N. The molecular weight excluding hydrogens is 234 g/mol. The van der Waals surface area contributed by atoms with Gasteiger partial charge >= 0.3 is 6.18 Å². The monoisotopic (exact) mass is 249 g/mol. The van der Waals surface area contributed by atoms with Crippen LogP contribution in [0, 0.1) is 12.7 Å². The zero-order valence-electron chi connectivity index (χ0n) is 9.57. The lowest BCUT2D eigenvalue weighted by atomic mass is 10.0. The Balaban J connectivity index is 2.98. The highest BCUT2D eigenvalue weighted by molar-refractivity contribution is 5.33. The lowest BCUT2D eigenvalue weighted by molar-refractivity contribution is -0.140. The molecule has 0 radical (unpaired) electrons. The van der Waals surface area contributed by atoms with E-state index in [-0.39, 0.29) is 5.56 Å². The van der Waals surface area contributed by atoms with Crippen molar-refractivity contribution in [2.75, 3.05) is 6.54 Å². The van der Waals surface area contributed by atoms with Crippen LogP contribution in [0.3, 0.4) is 0 Å². The lowest BCUT2D eigenvalue weighted by Crippen LogP contribution is -2.10. The van der Waals surface area contributed by atoms with Gasteiger partial charge in [-0.05, 0) is 49.9 Å². The molecule has 0 saturated heterocycles. The van der Waals surface area contributed by atoms with E-state index < -0.39 is 17.6 Å². The van der Waals surface area contributed by atoms with E-state index in [1.807, 2.05) is 0 Å². The third kappa shape index (κ3) is 3.70.